The Balaban J connectivity index is 1.72. The summed E-state index contributed by atoms with van der Waals surface area (Å²) in [5, 5.41) is 12.4. The van der Waals surface area contributed by atoms with Crippen LogP contribution in [-0.2, 0) is 11.2 Å². The summed E-state index contributed by atoms with van der Waals surface area (Å²) in [4.78, 5) is 36.6. The number of carboxylic acid groups (broad SMARTS) is 1. The molecule has 3 rings (SSSR count). The molecule has 0 fully saturated rings. The predicted molar refractivity (Wildman–Crippen MR) is 103 cm³/mol. The highest BCUT2D eigenvalue weighted by Crippen LogP contribution is 2.23. The van der Waals surface area contributed by atoms with E-state index in [1.807, 2.05) is 42.5 Å². The molecule has 0 bridgehead atoms. The van der Waals surface area contributed by atoms with Gasteiger partial charge in [-0.3, -0.25) is 14.6 Å². The molecule has 0 saturated carbocycles. The molecular weight excluding hydrogens is 384 g/mol. The molecule has 8 heteroatoms. The number of halogens is 1. The highest BCUT2D eigenvalue weighted by molar-refractivity contribution is 6.30. The van der Waals surface area contributed by atoms with Gasteiger partial charge in [-0.05, 0) is 35.2 Å². The fourth-order valence-electron chi connectivity index (χ4n) is 2.83. The molecule has 0 spiro atoms. The van der Waals surface area contributed by atoms with Crippen molar-refractivity contribution in [2.24, 2.45) is 0 Å². The van der Waals surface area contributed by atoms with E-state index in [1.54, 1.807) is 6.07 Å². The molecule has 0 saturated heterocycles. The van der Waals surface area contributed by atoms with Crippen molar-refractivity contribution < 1.29 is 19.1 Å². The molecule has 0 unspecified atom stereocenters. The average Bonchev–Trinajstić information content (AvgIpc) is 3.08. The first kappa shape index (κ1) is 19.4. The molecule has 0 radical (unpaired) electrons. The van der Waals surface area contributed by atoms with Crippen LogP contribution in [0.3, 0.4) is 0 Å². The molecule has 1 atom stereocenters. The van der Waals surface area contributed by atoms with Crippen molar-refractivity contribution in [3.05, 3.63) is 81.6 Å². The summed E-state index contributed by atoms with van der Waals surface area (Å²) in [5.41, 5.74) is 2.74. The Morgan fingerprint density at radius 3 is 2.50 bits per heavy atom. The van der Waals surface area contributed by atoms with Gasteiger partial charge in [-0.25, -0.2) is 4.79 Å². The lowest BCUT2D eigenvalue weighted by Gasteiger charge is -2.16. The van der Waals surface area contributed by atoms with Crippen LogP contribution < -0.4 is 11.1 Å². The van der Waals surface area contributed by atoms with Gasteiger partial charge in [0.2, 0.25) is 0 Å². The monoisotopic (exact) mass is 400 g/mol. The summed E-state index contributed by atoms with van der Waals surface area (Å²) < 4.78 is 4.53. The molecule has 144 valence electrons. The largest absolute Gasteiger partial charge is 0.481 e. The summed E-state index contributed by atoms with van der Waals surface area (Å²) in [6, 6.07) is 14.4. The van der Waals surface area contributed by atoms with Crippen LogP contribution in [0, 0.1) is 0 Å². The minimum absolute atomic E-state index is 0.0586. The van der Waals surface area contributed by atoms with Gasteiger partial charge < -0.3 is 14.8 Å². The number of aromatic amines is 1. The second-order valence-corrected chi connectivity index (χ2v) is 6.68. The van der Waals surface area contributed by atoms with Crippen LogP contribution in [0.15, 0.2) is 64.0 Å². The third-order valence-corrected chi connectivity index (χ3v) is 4.35. The number of carbonyl (C=O) groups excluding carboxylic acids is 1. The van der Waals surface area contributed by atoms with Gasteiger partial charge in [-0.15, -0.1) is 0 Å². The van der Waals surface area contributed by atoms with E-state index in [-0.39, 0.29) is 12.1 Å². The molecule has 28 heavy (non-hydrogen) atoms. The molecular formula is C20H17ClN2O5. The topological polar surface area (TPSA) is 112 Å². The quantitative estimate of drug-likeness (QED) is 0.564. The lowest BCUT2D eigenvalue weighted by molar-refractivity contribution is -0.137. The van der Waals surface area contributed by atoms with Gasteiger partial charge >= 0.3 is 11.7 Å². The van der Waals surface area contributed by atoms with Crippen LogP contribution in [-0.4, -0.2) is 28.0 Å². The Hall–Kier alpha value is -3.32. The van der Waals surface area contributed by atoms with Crippen molar-refractivity contribution in [1.82, 2.24) is 10.3 Å². The molecule has 7 nitrogen and oxygen atoms in total. The molecule has 0 aliphatic heterocycles. The fraction of sp³-hybridized carbons (Fsp3) is 0.150. The minimum Gasteiger partial charge on any atom is -0.481 e. The van der Waals surface area contributed by atoms with Crippen LogP contribution in [0.25, 0.3) is 11.1 Å². The second-order valence-electron chi connectivity index (χ2n) is 6.24. The Morgan fingerprint density at radius 1 is 1.14 bits per heavy atom. The van der Waals surface area contributed by atoms with Gasteiger partial charge in [0, 0.05) is 11.1 Å². The van der Waals surface area contributed by atoms with Crippen LogP contribution in [0.5, 0.6) is 0 Å². The first-order valence-electron chi connectivity index (χ1n) is 8.46. The zero-order valence-electron chi connectivity index (χ0n) is 14.6. The minimum atomic E-state index is -1.04. The molecule has 3 aromatic rings. The first-order chi connectivity index (χ1) is 13.4. The second kappa shape index (κ2) is 8.58. The van der Waals surface area contributed by atoms with Crippen molar-refractivity contribution in [2.75, 3.05) is 0 Å². The number of nitrogens with one attached hydrogen (secondary N) is 2. The Morgan fingerprint density at radius 2 is 1.89 bits per heavy atom. The summed E-state index contributed by atoms with van der Waals surface area (Å²) in [6.45, 7) is 0. The molecule has 0 aliphatic rings. The number of hydrogen-bond donors (Lipinski definition) is 3. The molecule has 1 aromatic heterocycles. The summed E-state index contributed by atoms with van der Waals surface area (Å²) >= 11 is 6.02. The zero-order chi connectivity index (χ0) is 20.1. The van der Waals surface area contributed by atoms with E-state index in [2.05, 4.69) is 14.7 Å². The van der Waals surface area contributed by atoms with Crippen LogP contribution in [0.4, 0.5) is 0 Å². The van der Waals surface area contributed by atoms with Crippen LogP contribution in [0.2, 0.25) is 5.02 Å². The summed E-state index contributed by atoms with van der Waals surface area (Å²) in [5.74, 6) is -2.40. The fourth-order valence-corrected chi connectivity index (χ4v) is 3.02. The van der Waals surface area contributed by atoms with E-state index in [1.165, 1.54) is 0 Å². The number of amides is 1. The zero-order valence-corrected chi connectivity index (χ0v) is 15.4. The highest BCUT2D eigenvalue weighted by atomic mass is 35.5. The predicted octanol–water partition coefficient (Wildman–Crippen LogP) is 3.10. The number of H-pyrrole nitrogens is 1. The highest BCUT2D eigenvalue weighted by Gasteiger charge is 2.19. The van der Waals surface area contributed by atoms with Crippen molar-refractivity contribution >= 4 is 23.5 Å². The van der Waals surface area contributed by atoms with E-state index in [0.29, 0.717) is 11.4 Å². The van der Waals surface area contributed by atoms with Crippen molar-refractivity contribution in [2.45, 2.75) is 18.9 Å². The average molecular weight is 401 g/mol. The van der Waals surface area contributed by atoms with Gasteiger partial charge in [-0.2, -0.15) is 0 Å². The van der Waals surface area contributed by atoms with Gasteiger partial charge in [-0.1, -0.05) is 48.0 Å². The maximum atomic E-state index is 12.2. The first-order valence-corrected chi connectivity index (χ1v) is 8.84. The van der Waals surface area contributed by atoms with Gasteiger partial charge in [0.15, 0.2) is 0 Å². The van der Waals surface area contributed by atoms with Gasteiger partial charge in [0.05, 0.1) is 6.42 Å². The number of carboxylic acids is 1. The molecule has 2 aromatic carbocycles. The van der Waals surface area contributed by atoms with Gasteiger partial charge in [0.1, 0.15) is 12.0 Å². The number of aliphatic carboxylic acids is 1. The normalized spacial score (nSPS) is 11.8. The van der Waals surface area contributed by atoms with Crippen LogP contribution >= 0.6 is 11.6 Å². The van der Waals surface area contributed by atoms with Crippen molar-refractivity contribution in [3.8, 4) is 11.1 Å². The Bertz CT molecular complexity index is 1040. The molecule has 3 N–H and O–H groups in total. The van der Waals surface area contributed by atoms with E-state index in [9.17, 15) is 14.4 Å². The maximum absolute atomic E-state index is 12.2. The van der Waals surface area contributed by atoms with E-state index in [4.69, 9.17) is 16.7 Å². The summed E-state index contributed by atoms with van der Waals surface area (Å²) in [6.07, 6.45) is 1.05. The van der Waals surface area contributed by atoms with E-state index < -0.39 is 23.7 Å². The van der Waals surface area contributed by atoms with Crippen molar-refractivity contribution in [3.63, 3.8) is 0 Å². The lowest BCUT2D eigenvalue weighted by atomic mass is 9.99. The number of benzene rings is 2. The lowest BCUT2D eigenvalue weighted by Crippen LogP contribution is -2.38. The molecule has 1 amide bonds. The number of carbonyl (C=O) groups is 2. The molecule has 0 aliphatic carbocycles. The number of rotatable bonds is 7. The van der Waals surface area contributed by atoms with Crippen molar-refractivity contribution in [1.29, 1.82) is 0 Å². The van der Waals surface area contributed by atoms with Crippen LogP contribution in [0.1, 0.15) is 22.5 Å². The number of oxazole rings is 1. The third kappa shape index (κ3) is 5.11. The third-order valence-electron chi connectivity index (χ3n) is 4.12. The number of aromatic nitrogens is 1. The number of hydrogen-bond acceptors (Lipinski definition) is 4. The Labute approximate surface area is 165 Å². The van der Waals surface area contributed by atoms with E-state index >= 15 is 0 Å². The molecule has 1 heterocycles. The Kier molecular flexibility index (Phi) is 5.96. The summed E-state index contributed by atoms with van der Waals surface area (Å²) in [7, 11) is 0. The maximum Gasteiger partial charge on any atom is 0.416 e. The smallest absolute Gasteiger partial charge is 0.416 e. The van der Waals surface area contributed by atoms with E-state index in [0.717, 1.165) is 23.0 Å². The SMILES string of the molecule is O=C(O)C[C@@H](Cc1ccc(-c2cccc(Cl)c2)cc1)NC(=O)c1coc(=O)[nH]1. The van der Waals surface area contributed by atoms with Gasteiger partial charge in [0.25, 0.3) is 5.91 Å². The standard InChI is InChI=1S/C20H17ClN2O5/c21-15-3-1-2-14(9-15)13-6-4-12(5-7-13)8-16(10-18(24)25)22-19(26)17-11-28-20(27)23-17/h1-7,9,11,16H,8,10H2,(H,22,26)(H,23,27)(H,24,25)/t16-/m1/s1.